The Balaban J connectivity index is 1.68. The Morgan fingerprint density at radius 2 is 1.67 bits per heavy atom. The van der Waals surface area contributed by atoms with Crippen molar-refractivity contribution in [3.8, 4) is 0 Å². The van der Waals surface area contributed by atoms with Crippen LogP contribution < -0.4 is 0 Å². The van der Waals surface area contributed by atoms with Crippen LogP contribution in [0.1, 0.15) is 127 Å². The van der Waals surface area contributed by atoms with Gasteiger partial charge in [0.25, 0.3) is 0 Å². The first-order valence-corrected chi connectivity index (χ1v) is 15.4. The van der Waals surface area contributed by atoms with Crippen LogP contribution in [0, 0.1) is 39.4 Å². The molecule has 0 heterocycles. The lowest BCUT2D eigenvalue weighted by atomic mass is 9.43. The van der Waals surface area contributed by atoms with Gasteiger partial charge < -0.3 is 9.57 Å². The fourth-order valence-electron chi connectivity index (χ4n) is 9.82. The zero-order chi connectivity index (χ0) is 28.8. The Hall–Kier alpha value is -1.91. The van der Waals surface area contributed by atoms with Crippen LogP contribution in [0.4, 0.5) is 0 Å². The molecule has 4 aliphatic rings. The number of hydrogen-bond acceptors (Lipinski definition) is 5. The first kappa shape index (κ1) is 30.1. The van der Waals surface area contributed by atoms with Gasteiger partial charge in [0.15, 0.2) is 0 Å². The van der Waals surface area contributed by atoms with Crippen molar-refractivity contribution in [2.45, 2.75) is 127 Å². The molecule has 218 valence electrons. The maximum Gasteiger partial charge on any atom is 0.331 e. The largest absolute Gasteiger partial charge is 0.465 e. The van der Waals surface area contributed by atoms with Gasteiger partial charge in [-0.1, -0.05) is 62.6 Å². The van der Waals surface area contributed by atoms with Crippen molar-refractivity contribution in [1.82, 2.24) is 0 Å². The molecule has 4 rings (SSSR count). The minimum Gasteiger partial charge on any atom is -0.465 e. The molecule has 0 spiro atoms. The Kier molecular flexibility index (Phi) is 8.34. The molecule has 0 unspecified atom stereocenters. The van der Waals surface area contributed by atoms with Crippen molar-refractivity contribution in [1.29, 1.82) is 0 Å². The zero-order valence-corrected chi connectivity index (χ0v) is 26.2. The van der Waals surface area contributed by atoms with Gasteiger partial charge in [-0.05, 0) is 112 Å². The molecule has 7 atom stereocenters. The molecular formula is C34H53NO4. The SMILES string of the molecule is CC(=O)OC[C@]1(C)/C(=N/OC(C)=O)CC[C@]2(C)C3=C(CC[C@H]21)[C@]1(C)CC[C@H]([C@H](C)CCC=C(C)C)[C@@]1(C)CC3. The Bertz CT molecular complexity index is 1080. The smallest absolute Gasteiger partial charge is 0.331 e. The van der Waals surface area contributed by atoms with E-state index in [4.69, 9.17) is 9.57 Å². The molecule has 0 aromatic carbocycles. The highest BCUT2D eigenvalue weighted by molar-refractivity contribution is 5.92. The maximum absolute atomic E-state index is 11.9. The Labute approximate surface area is 237 Å². The molecule has 4 aliphatic carbocycles. The third-order valence-electron chi connectivity index (χ3n) is 12.1. The maximum atomic E-state index is 11.9. The molecule has 0 aliphatic heterocycles. The Morgan fingerprint density at radius 1 is 0.949 bits per heavy atom. The molecule has 5 nitrogen and oxygen atoms in total. The second kappa shape index (κ2) is 10.8. The summed E-state index contributed by atoms with van der Waals surface area (Å²) < 4.78 is 5.66. The van der Waals surface area contributed by atoms with Gasteiger partial charge in [0, 0.05) is 19.3 Å². The van der Waals surface area contributed by atoms with E-state index in [1.165, 1.54) is 57.9 Å². The normalized spacial score (nSPS) is 39.4. The molecule has 0 N–H and O–H groups in total. The van der Waals surface area contributed by atoms with E-state index in [1.807, 2.05) is 0 Å². The van der Waals surface area contributed by atoms with Crippen LogP contribution in [0.25, 0.3) is 0 Å². The van der Waals surface area contributed by atoms with Crippen LogP contribution in [0.3, 0.4) is 0 Å². The monoisotopic (exact) mass is 539 g/mol. The van der Waals surface area contributed by atoms with E-state index < -0.39 is 11.4 Å². The van der Waals surface area contributed by atoms with E-state index in [9.17, 15) is 9.59 Å². The van der Waals surface area contributed by atoms with Crippen LogP contribution >= 0.6 is 0 Å². The Morgan fingerprint density at radius 3 is 2.31 bits per heavy atom. The van der Waals surface area contributed by atoms with Crippen molar-refractivity contribution in [3.05, 3.63) is 22.8 Å². The van der Waals surface area contributed by atoms with E-state index in [0.717, 1.165) is 43.2 Å². The molecule has 0 aromatic heterocycles. The van der Waals surface area contributed by atoms with Crippen LogP contribution in [-0.2, 0) is 19.2 Å². The van der Waals surface area contributed by atoms with Gasteiger partial charge >= 0.3 is 11.9 Å². The van der Waals surface area contributed by atoms with Gasteiger partial charge in [0.2, 0.25) is 0 Å². The summed E-state index contributed by atoms with van der Waals surface area (Å²) in [5.74, 6) is 1.12. The average Bonchev–Trinajstić information content (AvgIpc) is 3.13. The fourth-order valence-corrected chi connectivity index (χ4v) is 9.82. The van der Waals surface area contributed by atoms with Crippen LogP contribution in [-0.4, -0.2) is 24.3 Å². The predicted molar refractivity (Wildman–Crippen MR) is 157 cm³/mol. The number of oxime groups is 1. The van der Waals surface area contributed by atoms with E-state index in [1.54, 1.807) is 11.1 Å². The van der Waals surface area contributed by atoms with Crippen molar-refractivity contribution >= 4 is 17.7 Å². The minimum absolute atomic E-state index is 0.0369. The summed E-state index contributed by atoms with van der Waals surface area (Å²) >= 11 is 0. The van der Waals surface area contributed by atoms with Crippen molar-refractivity contribution in [3.63, 3.8) is 0 Å². The molecule has 0 aromatic rings. The molecular weight excluding hydrogens is 486 g/mol. The van der Waals surface area contributed by atoms with E-state index in [-0.39, 0.29) is 23.4 Å². The molecule has 0 saturated heterocycles. The topological polar surface area (TPSA) is 65.0 Å². The zero-order valence-electron chi connectivity index (χ0n) is 26.2. The number of ether oxygens (including phenoxy) is 1. The molecule has 39 heavy (non-hydrogen) atoms. The van der Waals surface area contributed by atoms with Gasteiger partial charge in [-0.2, -0.15) is 0 Å². The molecule has 0 bridgehead atoms. The first-order valence-electron chi connectivity index (χ1n) is 15.4. The first-order chi connectivity index (χ1) is 18.2. The summed E-state index contributed by atoms with van der Waals surface area (Å²) in [6.07, 6.45) is 13.9. The number of allylic oxidation sites excluding steroid dienone is 4. The van der Waals surface area contributed by atoms with Gasteiger partial charge in [0.1, 0.15) is 6.61 Å². The second-order valence-electron chi connectivity index (χ2n) is 14.5. The summed E-state index contributed by atoms with van der Waals surface area (Å²) in [6, 6.07) is 0. The standard InChI is InChI=1S/C34H53NO4/c1-22(2)11-10-12-23(3)26-15-19-34(9)28-13-14-29-31(6,27(28)16-20-33(26,34)8)18-17-30(35-39-25(5)37)32(29,7)21-38-24(4)36/h11,23,26,29H,10,12-21H2,1-9H3/b35-30+/t23-,26-,29-,31-,32+,33-,34+/m1/s1. The van der Waals surface area contributed by atoms with Crippen molar-refractivity contribution in [2.24, 2.45) is 44.6 Å². The minimum atomic E-state index is -0.452. The summed E-state index contributed by atoms with van der Waals surface area (Å²) in [5.41, 5.74) is 5.92. The van der Waals surface area contributed by atoms with Gasteiger partial charge in [0.05, 0.1) is 5.71 Å². The quantitative estimate of drug-likeness (QED) is 0.141. The highest BCUT2D eigenvalue weighted by atomic mass is 16.7. The number of nitrogens with zero attached hydrogens (tertiary/aromatic N) is 1. The summed E-state index contributed by atoms with van der Waals surface area (Å²) in [6.45, 7) is 19.9. The molecule has 5 heteroatoms. The van der Waals surface area contributed by atoms with Crippen molar-refractivity contribution in [2.75, 3.05) is 6.61 Å². The van der Waals surface area contributed by atoms with Gasteiger partial charge in [-0.25, -0.2) is 4.79 Å². The third kappa shape index (κ3) is 5.05. The number of hydrogen-bond donors (Lipinski definition) is 0. The summed E-state index contributed by atoms with van der Waals surface area (Å²) in [7, 11) is 0. The fraction of sp³-hybridized carbons (Fsp3) is 0.794. The molecule has 0 radical (unpaired) electrons. The molecule has 0 amide bonds. The number of carbonyl (C=O) groups is 2. The second-order valence-corrected chi connectivity index (χ2v) is 14.5. The van der Waals surface area contributed by atoms with E-state index in [2.05, 4.69) is 59.7 Å². The number of rotatable bonds is 7. The van der Waals surface area contributed by atoms with Crippen molar-refractivity contribution < 1.29 is 19.2 Å². The molecule has 2 fully saturated rings. The highest BCUT2D eigenvalue weighted by Crippen LogP contribution is 2.72. The lowest BCUT2D eigenvalue weighted by Gasteiger charge is -2.61. The van der Waals surface area contributed by atoms with Crippen LogP contribution in [0.2, 0.25) is 0 Å². The lowest BCUT2D eigenvalue weighted by Crippen LogP contribution is -2.56. The van der Waals surface area contributed by atoms with E-state index in [0.29, 0.717) is 11.3 Å². The number of carbonyl (C=O) groups excluding carboxylic acids is 2. The van der Waals surface area contributed by atoms with Gasteiger partial charge in [-0.15, -0.1) is 0 Å². The summed E-state index contributed by atoms with van der Waals surface area (Å²) in [4.78, 5) is 28.7. The van der Waals surface area contributed by atoms with Gasteiger partial charge in [-0.3, -0.25) is 4.79 Å². The average molecular weight is 540 g/mol. The lowest BCUT2D eigenvalue weighted by molar-refractivity contribution is -0.146. The van der Waals surface area contributed by atoms with E-state index >= 15 is 0 Å². The summed E-state index contributed by atoms with van der Waals surface area (Å²) in [5, 5.41) is 4.34. The predicted octanol–water partition coefficient (Wildman–Crippen LogP) is 8.58. The molecule has 2 saturated carbocycles. The number of fused-ring (bicyclic) bond motifs is 4. The number of esters is 1. The highest BCUT2D eigenvalue weighted by Gasteiger charge is 2.63. The van der Waals surface area contributed by atoms with Crippen LogP contribution in [0.15, 0.2) is 28.0 Å². The van der Waals surface area contributed by atoms with Crippen LogP contribution in [0.5, 0.6) is 0 Å². The third-order valence-corrected chi connectivity index (χ3v) is 12.1.